The number of rotatable bonds is 10. The predicted molar refractivity (Wildman–Crippen MR) is 123 cm³/mol. The highest BCUT2D eigenvalue weighted by molar-refractivity contribution is 5.85. The molecule has 0 fully saturated rings. The van der Waals surface area contributed by atoms with Gasteiger partial charge in [-0.2, -0.15) is 5.10 Å². The molecule has 0 saturated heterocycles. The van der Waals surface area contributed by atoms with Crippen LogP contribution in [0.1, 0.15) is 16.7 Å². The second-order valence-corrected chi connectivity index (χ2v) is 6.85. The molecule has 7 heteroatoms. The van der Waals surface area contributed by atoms with Crippen molar-refractivity contribution < 1.29 is 23.7 Å². The van der Waals surface area contributed by atoms with E-state index in [0.717, 1.165) is 16.9 Å². The van der Waals surface area contributed by atoms with Gasteiger partial charge < -0.3 is 18.9 Å². The third kappa shape index (κ3) is 6.25. The van der Waals surface area contributed by atoms with Crippen LogP contribution in [-0.4, -0.2) is 33.5 Å². The number of hydrogen-bond donors (Lipinski definition) is 1. The normalized spacial score (nSPS) is 10.6. The topological polar surface area (TPSA) is 78.4 Å². The van der Waals surface area contributed by atoms with E-state index in [0.29, 0.717) is 29.4 Å². The van der Waals surface area contributed by atoms with Crippen LogP contribution in [0.4, 0.5) is 0 Å². The van der Waals surface area contributed by atoms with Crippen LogP contribution in [0.2, 0.25) is 0 Å². The Morgan fingerprint density at radius 3 is 2.12 bits per heavy atom. The van der Waals surface area contributed by atoms with Crippen LogP contribution in [0.15, 0.2) is 71.8 Å². The molecule has 3 rings (SSSR count). The summed E-state index contributed by atoms with van der Waals surface area (Å²) in [6.45, 7) is 0.377. The first-order chi connectivity index (χ1) is 15.6. The summed E-state index contributed by atoms with van der Waals surface area (Å²) >= 11 is 0. The molecular weight excluding hydrogens is 408 g/mol. The summed E-state index contributed by atoms with van der Waals surface area (Å²) in [5.74, 6) is 2.02. The fourth-order valence-corrected chi connectivity index (χ4v) is 2.99. The van der Waals surface area contributed by atoms with Gasteiger partial charge in [-0.3, -0.25) is 4.79 Å². The van der Waals surface area contributed by atoms with Gasteiger partial charge in [-0.05, 0) is 35.4 Å². The third-order valence-electron chi connectivity index (χ3n) is 4.64. The molecule has 3 aromatic rings. The molecule has 0 bridgehead atoms. The number of benzene rings is 3. The van der Waals surface area contributed by atoms with Crippen molar-refractivity contribution in [3.8, 4) is 23.0 Å². The summed E-state index contributed by atoms with van der Waals surface area (Å²) in [6, 6.07) is 20.7. The van der Waals surface area contributed by atoms with Crippen molar-refractivity contribution in [1.82, 2.24) is 5.43 Å². The second kappa shape index (κ2) is 11.4. The summed E-state index contributed by atoms with van der Waals surface area (Å²) in [5, 5.41) is 4.04. The summed E-state index contributed by atoms with van der Waals surface area (Å²) in [4.78, 5) is 12.2. The highest BCUT2D eigenvalue weighted by atomic mass is 16.5. The molecule has 0 unspecified atom stereocenters. The number of hydrogen-bond acceptors (Lipinski definition) is 6. The highest BCUT2D eigenvalue weighted by Gasteiger charge is 2.14. The zero-order chi connectivity index (χ0) is 22.8. The first kappa shape index (κ1) is 22.7. The van der Waals surface area contributed by atoms with E-state index < -0.39 is 0 Å². The number of nitrogens with one attached hydrogen (secondary N) is 1. The van der Waals surface area contributed by atoms with Gasteiger partial charge in [0, 0.05) is 5.56 Å². The van der Waals surface area contributed by atoms with Crippen molar-refractivity contribution in [1.29, 1.82) is 0 Å². The van der Waals surface area contributed by atoms with Crippen molar-refractivity contribution in [3.05, 3.63) is 83.4 Å². The Morgan fingerprint density at radius 2 is 1.53 bits per heavy atom. The summed E-state index contributed by atoms with van der Waals surface area (Å²) in [7, 11) is 4.71. The first-order valence-electron chi connectivity index (χ1n) is 10.0. The minimum absolute atomic E-state index is 0.209. The Bertz CT molecular complexity index is 1020. The Labute approximate surface area is 187 Å². The molecule has 0 heterocycles. The number of ether oxygens (including phenoxy) is 4. The molecule has 0 aliphatic carbocycles. The molecule has 0 aromatic heterocycles. The number of hydrazone groups is 1. The van der Waals surface area contributed by atoms with Gasteiger partial charge in [0.05, 0.1) is 34.0 Å². The molecule has 3 aromatic carbocycles. The molecule has 0 aliphatic rings. The lowest BCUT2D eigenvalue weighted by atomic mass is 10.1. The van der Waals surface area contributed by atoms with Crippen molar-refractivity contribution in [2.75, 3.05) is 21.3 Å². The second-order valence-electron chi connectivity index (χ2n) is 6.85. The molecule has 1 N–H and O–H groups in total. The van der Waals surface area contributed by atoms with E-state index in [1.165, 1.54) is 6.21 Å². The van der Waals surface area contributed by atoms with E-state index in [1.54, 1.807) is 33.5 Å². The van der Waals surface area contributed by atoms with Crippen molar-refractivity contribution in [2.24, 2.45) is 5.10 Å². The van der Waals surface area contributed by atoms with E-state index in [2.05, 4.69) is 10.5 Å². The lowest BCUT2D eigenvalue weighted by molar-refractivity contribution is -0.120. The summed E-state index contributed by atoms with van der Waals surface area (Å²) in [6.07, 6.45) is 1.73. The monoisotopic (exact) mass is 434 g/mol. The maximum Gasteiger partial charge on any atom is 0.244 e. The first-order valence-corrected chi connectivity index (χ1v) is 10.0. The van der Waals surface area contributed by atoms with Crippen LogP contribution in [0.25, 0.3) is 0 Å². The van der Waals surface area contributed by atoms with Gasteiger partial charge in [-0.1, -0.05) is 42.5 Å². The van der Waals surface area contributed by atoms with Crippen LogP contribution in [0.3, 0.4) is 0 Å². The van der Waals surface area contributed by atoms with Crippen LogP contribution in [0.5, 0.6) is 23.0 Å². The molecule has 1 amide bonds. The van der Waals surface area contributed by atoms with E-state index in [1.807, 2.05) is 54.6 Å². The van der Waals surface area contributed by atoms with Crippen LogP contribution >= 0.6 is 0 Å². The third-order valence-corrected chi connectivity index (χ3v) is 4.64. The predicted octanol–water partition coefficient (Wildman–Crippen LogP) is 3.98. The molecule has 0 aliphatic heterocycles. The molecular formula is C25H26N2O5. The van der Waals surface area contributed by atoms with Gasteiger partial charge in [0.15, 0.2) is 11.5 Å². The zero-order valence-electron chi connectivity index (χ0n) is 18.3. The molecule has 32 heavy (non-hydrogen) atoms. The zero-order valence-corrected chi connectivity index (χ0v) is 18.3. The van der Waals surface area contributed by atoms with E-state index in [-0.39, 0.29) is 12.3 Å². The number of carbonyl (C=O) groups excluding carboxylic acids is 1. The van der Waals surface area contributed by atoms with Crippen LogP contribution < -0.4 is 24.4 Å². The standard InChI is InChI=1S/C25H26N2O5/c1-29-21-11-9-18(10-12-21)15-24(28)27-26-16-20-13-22(30-2)25(23(14-20)31-3)32-17-19-7-5-4-6-8-19/h4-14,16H,15,17H2,1-3H3,(H,27,28)/b26-16-. The van der Waals surface area contributed by atoms with Gasteiger partial charge in [0.2, 0.25) is 11.7 Å². The van der Waals surface area contributed by atoms with Gasteiger partial charge in [-0.15, -0.1) is 0 Å². The van der Waals surface area contributed by atoms with Gasteiger partial charge in [-0.25, -0.2) is 5.43 Å². The minimum atomic E-state index is -0.229. The summed E-state index contributed by atoms with van der Waals surface area (Å²) < 4.78 is 22.0. The lowest BCUT2D eigenvalue weighted by Gasteiger charge is -2.15. The highest BCUT2D eigenvalue weighted by Crippen LogP contribution is 2.38. The molecule has 0 saturated carbocycles. The molecule has 0 spiro atoms. The minimum Gasteiger partial charge on any atom is -0.497 e. The lowest BCUT2D eigenvalue weighted by Crippen LogP contribution is -2.19. The maximum absolute atomic E-state index is 12.2. The SMILES string of the molecule is COc1ccc(CC(=O)N/N=C\c2cc(OC)c(OCc3ccccc3)c(OC)c2)cc1. The van der Waals surface area contributed by atoms with Gasteiger partial charge in [0.25, 0.3) is 0 Å². The average Bonchev–Trinajstić information content (AvgIpc) is 2.83. The number of methoxy groups -OCH3 is 3. The maximum atomic E-state index is 12.2. The average molecular weight is 434 g/mol. The van der Waals surface area contributed by atoms with Crippen molar-refractivity contribution >= 4 is 12.1 Å². The molecule has 0 atom stereocenters. The Morgan fingerprint density at radius 1 is 0.875 bits per heavy atom. The number of nitrogens with zero attached hydrogens (tertiary/aromatic N) is 1. The van der Waals surface area contributed by atoms with E-state index in [4.69, 9.17) is 18.9 Å². The Hall–Kier alpha value is -4.00. The van der Waals surface area contributed by atoms with E-state index in [9.17, 15) is 4.79 Å². The van der Waals surface area contributed by atoms with Gasteiger partial charge in [0.1, 0.15) is 12.4 Å². The molecule has 7 nitrogen and oxygen atoms in total. The van der Waals surface area contributed by atoms with Crippen LogP contribution in [0, 0.1) is 0 Å². The van der Waals surface area contributed by atoms with Crippen molar-refractivity contribution in [2.45, 2.75) is 13.0 Å². The quantitative estimate of drug-likeness (QED) is 0.386. The molecule has 0 radical (unpaired) electrons. The number of carbonyl (C=O) groups is 1. The fraction of sp³-hybridized carbons (Fsp3) is 0.200. The fourth-order valence-electron chi connectivity index (χ4n) is 2.99. The summed E-state index contributed by atoms with van der Waals surface area (Å²) in [5.41, 5.74) is 5.11. The molecule has 166 valence electrons. The Balaban J connectivity index is 1.65. The largest absolute Gasteiger partial charge is 0.497 e. The van der Waals surface area contributed by atoms with Crippen LogP contribution in [-0.2, 0) is 17.8 Å². The Kier molecular flexibility index (Phi) is 8.09. The smallest absolute Gasteiger partial charge is 0.244 e. The van der Waals surface area contributed by atoms with E-state index >= 15 is 0 Å². The van der Waals surface area contributed by atoms with Gasteiger partial charge >= 0.3 is 0 Å². The number of amides is 1. The van der Waals surface area contributed by atoms with Crippen molar-refractivity contribution in [3.63, 3.8) is 0 Å².